The summed E-state index contributed by atoms with van der Waals surface area (Å²) >= 11 is 0. The van der Waals surface area contributed by atoms with Crippen LogP contribution in [0.4, 0.5) is 21.5 Å². The van der Waals surface area contributed by atoms with Gasteiger partial charge in [0.25, 0.3) is 0 Å². The minimum atomic E-state index is -0.227. The Labute approximate surface area is 94.1 Å². The van der Waals surface area contributed by atoms with Crippen molar-refractivity contribution in [2.75, 3.05) is 17.7 Å². The lowest BCUT2D eigenvalue weighted by molar-refractivity contribution is 0.628. The van der Waals surface area contributed by atoms with E-state index in [1.807, 2.05) is 36.2 Å². The highest BCUT2D eigenvalue weighted by Gasteiger charge is 2.03. The summed E-state index contributed by atoms with van der Waals surface area (Å²) in [5, 5.41) is 0. The average molecular weight is 216 g/mol. The first kappa shape index (κ1) is 10.5. The molecule has 0 aromatic heterocycles. The van der Waals surface area contributed by atoms with Crippen LogP contribution in [0.1, 0.15) is 0 Å². The third-order valence-corrected chi connectivity index (χ3v) is 2.49. The molecule has 0 heterocycles. The molecule has 2 aromatic rings. The van der Waals surface area contributed by atoms with E-state index in [1.54, 1.807) is 12.1 Å². The highest BCUT2D eigenvalue weighted by Crippen LogP contribution is 2.24. The Morgan fingerprint density at radius 1 is 0.875 bits per heavy atom. The molecule has 0 radical (unpaired) electrons. The van der Waals surface area contributed by atoms with Gasteiger partial charge >= 0.3 is 0 Å². The second kappa shape index (κ2) is 4.23. The molecule has 0 atom stereocenters. The molecule has 2 N–H and O–H groups in total. The van der Waals surface area contributed by atoms with E-state index in [0.717, 1.165) is 17.1 Å². The molecular weight excluding hydrogens is 203 g/mol. The number of anilines is 3. The van der Waals surface area contributed by atoms with Crippen LogP contribution in [-0.4, -0.2) is 7.05 Å². The number of rotatable bonds is 2. The SMILES string of the molecule is CN(c1ccc(N)cc1)c1ccc(F)cc1. The van der Waals surface area contributed by atoms with E-state index in [2.05, 4.69) is 0 Å². The lowest BCUT2D eigenvalue weighted by Gasteiger charge is -2.19. The molecule has 0 saturated carbocycles. The molecule has 2 rings (SSSR count). The molecule has 0 aliphatic rings. The van der Waals surface area contributed by atoms with Crippen LogP contribution < -0.4 is 10.6 Å². The zero-order valence-electron chi connectivity index (χ0n) is 9.02. The van der Waals surface area contributed by atoms with Gasteiger partial charge in [-0.3, -0.25) is 0 Å². The van der Waals surface area contributed by atoms with Gasteiger partial charge in [0.05, 0.1) is 0 Å². The summed E-state index contributed by atoms with van der Waals surface area (Å²) in [5.74, 6) is -0.227. The van der Waals surface area contributed by atoms with Gasteiger partial charge < -0.3 is 10.6 Å². The van der Waals surface area contributed by atoms with Crippen LogP contribution in [0.25, 0.3) is 0 Å². The van der Waals surface area contributed by atoms with E-state index >= 15 is 0 Å². The van der Waals surface area contributed by atoms with Crippen LogP contribution in [0.3, 0.4) is 0 Å². The van der Waals surface area contributed by atoms with Gasteiger partial charge in [-0.25, -0.2) is 4.39 Å². The molecule has 2 nitrogen and oxygen atoms in total. The van der Waals surface area contributed by atoms with Gasteiger partial charge in [-0.05, 0) is 48.5 Å². The van der Waals surface area contributed by atoms with Gasteiger partial charge in [-0.15, -0.1) is 0 Å². The molecule has 0 amide bonds. The van der Waals surface area contributed by atoms with Gasteiger partial charge in [0.1, 0.15) is 5.82 Å². The summed E-state index contributed by atoms with van der Waals surface area (Å²) in [7, 11) is 1.93. The fourth-order valence-corrected chi connectivity index (χ4v) is 1.51. The zero-order chi connectivity index (χ0) is 11.5. The average Bonchev–Trinajstić information content (AvgIpc) is 2.30. The Balaban J connectivity index is 2.28. The summed E-state index contributed by atoms with van der Waals surface area (Å²) in [4.78, 5) is 1.97. The predicted molar refractivity (Wildman–Crippen MR) is 65.3 cm³/mol. The van der Waals surface area contributed by atoms with Crippen molar-refractivity contribution in [1.82, 2.24) is 0 Å². The predicted octanol–water partition coefficient (Wildman–Crippen LogP) is 3.18. The Morgan fingerprint density at radius 3 is 1.81 bits per heavy atom. The molecule has 0 aliphatic heterocycles. The van der Waals surface area contributed by atoms with E-state index in [4.69, 9.17) is 5.73 Å². The van der Waals surface area contributed by atoms with Crippen molar-refractivity contribution in [3.8, 4) is 0 Å². The molecule has 0 unspecified atom stereocenters. The highest BCUT2D eigenvalue weighted by molar-refractivity contribution is 5.64. The van der Waals surface area contributed by atoms with Gasteiger partial charge in [0.15, 0.2) is 0 Å². The monoisotopic (exact) mass is 216 g/mol. The van der Waals surface area contributed by atoms with Gasteiger partial charge in [0.2, 0.25) is 0 Å². The summed E-state index contributed by atoms with van der Waals surface area (Å²) in [6.07, 6.45) is 0. The van der Waals surface area contributed by atoms with Crippen LogP contribution in [0.5, 0.6) is 0 Å². The molecule has 2 aromatic carbocycles. The van der Waals surface area contributed by atoms with Crippen molar-refractivity contribution >= 4 is 17.1 Å². The summed E-state index contributed by atoms with van der Waals surface area (Å²) in [6, 6.07) is 13.9. The van der Waals surface area contributed by atoms with Crippen molar-refractivity contribution in [2.45, 2.75) is 0 Å². The van der Waals surface area contributed by atoms with Crippen LogP contribution in [0.15, 0.2) is 48.5 Å². The molecule has 16 heavy (non-hydrogen) atoms. The van der Waals surface area contributed by atoms with Crippen molar-refractivity contribution in [3.63, 3.8) is 0 Å². The fourth-order valence-electron chi connectivity index (χ4n) is 1.51. The normalized spacial score (nSPS) is 10.1. The van der Waals surface area contributed by atoms with Crippen molar-refractivity contribution in [2.24, 2.45) is 0 Å². The quantitative estimate of drug-likeness (QED) is 0.781. The number of hydrogen-bond donors (Lipinski definition) is 1. The van der Waals surface area contributed by atoms with Crippen LogP contribution >= 0.6 is 0 Å². The maximum Gasteiger partial charge on any atom is 0.123 e. The largest absolute Gasteiger partial charge is 0.399 e. The Hall–Kier alpha value is -2.03. The minimum Gasteiger partial charge on any atom is -0.399 e. The maximum atomic E-state index is 12.8. The van der Waals surface area contributed by atoms with E-state index in [9.17, 15) is 4.39 Å². The lowest BCUT2D eigenvalue weighted by Crippen LogP contribution is -2.09. The maximum absolute atomic E-state index is 12.8. The Kier molecular flexibility index (Phi) is 2.77. The zero-order valence-corrected chi connectivity index (χ0v) is 9.02. The summed E-state index contributed by atoms with van der Waals surface area (Å²) in [6.45, 7) is 0. The molecule has 0 saturated heterocycles. The molecule has 82 valence electrons. The second-order valence-electron chi connectivity index (χ2n) is 3.63. The van der Waals surface area contributed by atoms with E-state index in [0.29, 0.717) is 0 Å². The third-order valence-electron chi connectivity index (χ3n) is 2.49. The van der Waals surface area contributed by atoms with Crippen molar-refractivity contribution < 1.29 is 4.39 Å². The van der Waals surface area contributed by atoms with Crippen molar-refractivity contribution in [1.29, 1.82) is 0 Å². The molecule has 0 fully saturated rings. The number of nitrogens with two attached hydrogens (primary N) is 1. The van der Waals surface area contributed by atoms with Crippen molar-refractivity contribution in [3.05, 3.63) is 54.3 Å². The van der Waals surface area contributed by atoms with E-state index in [1.165, 1.54) is 12.1 Å². The summed E-state index contributed by atoms with van der Waals surface area (Å²) in [5.41, 5.74) is 8.30. The lowest BCUT2D eigenvalue weighted by atomic mass is 10.2. The minimum absolute atomic E-state index is 0.227. The summed E-state index contributed by atoms with van der Waals surface area (Å²) < 4.78 is 12.8. The highest BCUT2D eigenvalue weighted by atomic mass is 19.1. The van der Waals surface area contributed by atoms with Crippen LogP contribution in [-0.2, 0) is 0 Å². The molecular formula is C13H13FN2. The first-order chi connectivity index (χ1) is 7.66. The number of nitrogens with zero attached hydrogens (tertiary/aromatic N) is 1. The molecule has 0 spiro atoms. The van der Waals surface area contributed by atoms with E-state index < -0.39 is 0 Å². The van der Waals surface area contributed by atoms with E-state index in [-0.39, 0.29) is 5.82 Å². The van der Waals surface area contributed by atoms with Crippen LogP contribution in [0.2, 0.25) is 0 Å². The smallest absolute Gasteiger partial charge is 0.123 e. The topological polar surface area (TPSA) is 29.3 Å². The number of nitrogen functional groups attached to an aromatic ring is 1. The molecule has 3 heteroatoms. The van der Waals surface area contributed by atoms with Gasteiger partial charge in [0, 0.05) is 24.1 Å². The fraction of sp³-hybridized carbons (Fsp3) is 0.0769. The number of hydrogen-bond acceptors (Lipinski definition) is 2. The first-order valence-electron chi connectivity index (χ1n) is 5.01. The standard InChI is InChI=1S/C13H13FN2/c1-16(12-6-2-10(14)3-7-12)13-8-4-11(15)5-9-13/h2-9H,15H2,1H3. The second-order valence-corrected chi connectivity index (χ2v) is 3.63. The number of halogens is 1. The Morgan fingerprint density at radius 2 is 1.31 bits per heavy atom. The van der Waals surface area contributed by atoms with Gasteiger partial charge in [-0.2, -0.15) is 0 Å². The number of benzene rings is 2. The van der Waals surface area contributed by atoms with Gasteiger partial charge in [-0.1, -0.05) is 0 Å². The first-order valence-corrected chi connectivity index (χ1v) is 5.01. The van der Waals surface area contributed by atoms with Crippen LogP contribution in [0, 0.1) is 5.82 Å². The molecule has 0 aliphatic carbocycles. The Bertz CT molecular complexity index is 417. The molecule has 0 bridgehead atoms. The third kappa shape index (κ3) is 2.14.